The van der Waals surface area contributed by atoms with Crippen LogP contribution in [0.4, 0.5) is 21.6 Å². The molecule has 1 aliphatic rings. The maximum absolute atomic E-state index is 13.9. The van der Waals surface area contributed by atoms with Crippen molar-refractivity contribution in [3.63, 3.8) is 0 Å². The van der Waals surface area contributed by atoms with Crippen molar-refractivity contribution in [3.8, 4) is 5.75 Å². The zero-order valence-electron chi connectivity index (χ0n) is 15.9. The minimum absolute atomic E-state index is 0.145. The van der Waals surface area contributed by atoms with Crippen LogP contribution in [-0.2, 0) is 0 Å². The summed E-state index contributed by atoms with van der Waals surface area (Å²) in [6, 6.07) is 14.1. The SMILES string of the molecule is COc1ccc(N2CCN(C(=O)c3n[nH]nc3Nc3ccccc3F)CC2)cc1. The summed E-state index contributed by atoms with van der Waals surface area (Å²) >= 11 is 0. The summed E-state index contributed by atoms with van der Waals surface area (Å²) in [6.07, 6.45) is 0. The number of carbonyl (C=O) groups is 1. The van der Waals surface area contributed by atoms with Gasteiger partial charge >= 0.3 is 0 Å². The molecule has 1 aliphatic heterocycles. The summed E-state index contributed by atoms with van der Waals surface area (Å²) in [4.78, 5) is 16.9. The fourth-order valence-electron chi connectivity index (χ4n) is 3.27. The van der Waals surface area contributed by atoms with Crippen molar-refractivity contribution >= 4 is 23.1 Å². The van der Waals surface area contributed by atoms with Crippen molar-refractivity contribution in [1.82, 2.24) is 20.3 Å². The number of piperazine rings is 1. The van der Waals surface area contributed by atoms with E-state index in [4.69, 9.17) is 4.74 Å². The maximum Gasteiger partial charge on any atom is 0.278 e. The summed E-state index contributed by atoms with van der Waals surface area (Å²) in [5.41, 5.74) is 1.46. The highest BCUT2D eigenvalue weighted by Crippen LogP contribution is 2.23. The van der Waals surface area contributed by atoms with Gasteiger partial charge in [-0.3, -0.25) is 4.79 Å². The number of hydrogen-bond donors (Lipinski definition) is 2. The van der Waals surface area contributed by atoms with Crippen molar-refractivity contribution in [2.75, 3.05) is 43.5 Å². The molecule has 0 aliphatic carbocycles. The summed E-state index contributed by atoms with van der Waals surface area (Å²) < 4.78 is 19.1. The first-order chi connectivity index (χ1) is 14.2. The van der Waals surface area contributed by atoms with Gasteiger partial charge in [0.2, 0.25) is 0 Å². The molecule has 0 unspecified atom stereocenters. The van der Waals surface area contributed by atoms with Crippen LogP contribution in [-0.4, -0.2) is 59.5 Å². The van der Waals surface area contributed by atoms with Crippen LogP contribution in [0.3, 0.4) is 0 Å². The number of para-hydroxylation sites is 1. The molecule has 9 heteroatoms. The van der Waals surface area contributed by atoms with E-state index >= 15 is 0 Å². The van der Waals surface area contributed by atoms with Gasteiger partial charge in [-0.05, 0) is 36.4 Å². The lowest BCUT2D eigenvalue weighted by Crippen LogP contribution is -2.49. The Bertz CT molecular complexity index is 983. The quantitative estimate of drug-likeness (QED) is 0.690. The van der Waals surface area contributed by atoms with E-state index in [0.717, 1.165) is 11.4 Å². The Morgan fingerprint density at radius 1 is 1.07 bits per heavy atom. The second kappa shape index (κ2) is 8.17. The van der Waals surface area contributed by atoms with E-state index in [-0.39, 0.29) is 23.1 Å². The van der Waals surface area contributed by atoms with E-state index in [1.807, 2.05) is 24.3 Å². The average molecular weight is 396 g/mol. The first kappa shape index (κ1) is 18.7. The monoisotopic (exact) mass is 396 g/mol. The topological polar surface area (TPSA) is 86.4 Å². The maximum atomic E-state index is 13.9. The van der Waals surface area contributed by atoms with Crippen molar-refractivity contribution in [1.29, 1.82) is 0 Å². The number of nitrogens with zero attached hydrogens (tertiary/aromatic N) is 4. The van der Waals surface area contributed by atoms with Gasteiger partial charge in [0, 0.05) is 31.9 Å². The highest BCUT2D eigenvalue weighted by molar-refractivity contribution is 5.97. The fourth-order valence-corrected chi connectivity index (χ4v) is 3.27. The number of methoxy groups -OCH3 is 1. The van der Waals surface area contributed by atoms with Crippen molar-refractivity contribution in [2.24, 2.45) is 0 Å². The van der Waals surface area contributed by atoms with Crippen molar-refractivity contribution in [3.05, 3.63) is 60.0 Å². The minimum atomic E-state index is -0.429. The lowest BCUT2D eigenvalue weighted by molar-refractivity contribution is 0.0742. The van der Waals surface area contributed by atoms with Crippen LogP contribution in [0.1, 0.15) is 10.5 Å². The normalized spacial score (nSPS) is 14.0. The Morgan fingerprint density at radius 2 is 1.79 bits per heavy atom. The average Bonchev–Trinajstić information content (AvgIpc) is 3.23. The van der Waals surface area contributed by atoms with E-state index in [1.165, 1.54) is 6.07 Å². The molecule has 1 fully saturated rings. The molecule has 0 bridgehead atoms. The summed E-state index contributed by atoms with van der Waals surface area (Å²) in [7, 11) is 1.64. The number of aromatic amines is 1. The number of nitrogens with one attached hydrogen (secondary N) is 2. The second-order valence-electron chi connectivity index (χ2n) is 6.60. The predicted octanol–water partition coefficient (Wildman–Crippen LogP) is 2.66. The van der Waals surface area contributed by atoms with Crippen LogP contribution >= 0.6 is 0 Å². The summed E-state index contributed by atoms with van der Waals surface area (Å²) in [5, 5.41) is 13.2. The number of halogens is 1. The molecular formula is C20H21FN6O2. The van der Waals surface area contributed by atoms with Crippen LogP contribution < -0.4 is 15.0 Å². The van der Waals surface area contributed by atoms with Crippen molar-refractivity contribution < 1.29 is 13.9 Å². The minimum Gasteiger partial charge on any atom is -0.497 e. The molecule has 1 aromatic heterocycles. The number of rotatable bonds is 5. The van der Waals surface area contributed by atoms with Gasteiger partial charge in [-0.1, -0.05) is 12.1 Å². The number of hydrogen-bond acceptors (Lipinski definition) is 6. The zero-order chi connectivity index (χ0) is 20.2. The van der Waals surface area contributed by atoms with Gasteiger partial charge in [0.05, 0.1) is 12.8 Å². The fraction of sp³-hybridized carbons (Fsp3) is 0.250. The first-order valence-electron chi connectivity index (χ1n) is 9.26. The standard InChI is InChI=1S/C20H21FN6O2/c1-29-15-8-6-14(7-9-15)26-10-12-27(13-11-26)20(28)18-19(24-25-23-18)22-17-5-3-2-4-16(17)21/h2-9H,10-13H2,1H3,(H2,22,23,24,25). The largest absolute Gasteiger partial charge is 0.497 e. The lowest BCUT2D eigenvalue weighted by atomic mass is 10.2. The first-order valence-corrected chi connectivity index (χ1v) is 9.26. The zero-order valence-corrected chi connectivity index (χ0v) is 15.9. The number of H-pyrrole nitrogens is 1. The van der Waals surface area contributed by atoms with Gasteiger partial charge in [-0.15, -0.1) is 10.2 Å². The predicted molar refractivity (Wildman–Crippen MR) is 107 cm³/mol. The number of anilines is 3. The van der Waals surface area contributed by atoms with Crippen molar-refractivity contribution in [2.45, 2.75) is 0 Å². The molecule has 0 spiro atoms. The van der Waals surface area contributed by atoms with Gasteiger partial charge in [0.1, 0.15) is 11.6 Å². The van der Waals surface area contributed by atoms with Gasteiger partial charge in [0.25, 0.3) is 5.91 Å². The summed E-state index contributed by atoms with van der Waals surface area (Å²) in [6.45, 7) is 2.51. The molecule has 29 heavy (non-hydrogen) atoms. The van der Waals surface area contributed by atoms with Crippen LogP contribution in [0.2, 0.25) is 0 Å². The smallest absolute Gasteiger partial charge is 0.278 e. The Labute approximate surface area is 167 Å². The molecule has 2 aromatic carbocycles. The van der Waals surface area contributed by atoms with E-state index in [9.17, 15) is 9.18 Å². The van der Waals surface area contributed by atoms with Crippen LogP contribution in [0, 0.1) is 5.82 Å². The van der Waals surface area contributed by atoms with E-state index < -0.39 is 5.82 Å². The van der Waals surface area contributed by atoms with Crippen LogP contribution in [0.25, 0.3) is 0 Å². The van der Waals surface area contributed by atoms with E-state index in [0.29, 0.717) is 26.2 Å². The van der Waals surface area contributed by atoms with Gasteiger partial charge < -0.3 is 19.9 Å². The molecule has 1 amide bonds. The number of amides is 1. The number of carbonyl (C=O) groups excluding carboxylic acids is 1. The molecule has 2 N–H and O–H groups in total. The Kier molecular flexibility index (Phi) is 5.28. The van der Waals surface area contributed by atoms with E-state index in [1.54, 1.807) is 30.2 Å². The molecule has 8 nitrogen and oxygen atoms in total. The molecule has 3 aromatic rings. The van der Waals surface area contributed by atoms with Crippen LogP contribution in [0.5, 0.6) is 5.75 Å². The van der Waals surface area contributed by atoms with Gasteiger partial charge in [-0.25, -0.2) is 4.39 Å². The third kappa shape index (κ3) is 3.98. The molecule has 4 rings (SSSR count). The third-order valence-electron chi connectivity index (χ3n) is 4.88. The molecule has 0 saturated carbocycles. The highest BCUT2D eigenvalue weighted by atomic mass is 19.1. The molecule has 0 atom stereocenters. The molecule has 150 valence electrons. The number of benzene rings is 2. The van der Waals surface area contributed by atoms with E-state index in [2.05, 4.69) is 25.6 Å². The molecule has 2 heterocycles. The van der Waals surface area contributed by atoms with Gasteiger partial charge in [-0.2, -0.15) is 5.21 Å². The molecular weight excluding hydrogens is 375 g/mol. The third-order valence-corrected chi connectivity index (χ3v) is 4.88. The highest BCUT2D eigenvalue weighted by Gasteiger charge is 2.27. The van der Waals surface area contributed by atoms with Gasteiger partial charge in [0.15, 0.2) is 11.5 Å². The second-order valence-corrected chi connectivity index (χ2v) is 6.60. The number of ether oxygens (including phenoxy) is 1. The van der Waals surface area contributed by atoms with Crippen LogP contribution in [0.15, 0.2) is 48.5 Å². The Balaban J connectivity index is 1.41. The number of aromatic nitrogens is 3. The lowest BCUT2D eigenvalue weighted by Gasteiger charge is -2.35. The summed E-state index contributed by atoms with van der Waals surface area (Å²) in [5.74, 6) is 0.343. The Morgan fingerprint density at radius 3 is 2.48 bits per heavy atom. The molecule has 0 radical (unpaired) electrons. The Hall–Kier alpha value is -3.62. The molecule has 1 saturated heterocycles.